The van der Waals surface area contributed by atoms with Gasteiger partial charge in [-0.25, -0.2) is 0 Å². The molecule has 1 aromatic carbocycles. The molecule has 0 saturated heterocycles. The number of anilines is 1. The molecule has 4 N–H and O–H groups in total. The molecular weight excluding hydrogens is 337 g/mol. The highest BCUT2D eigenvalue weighted by Crippen LogP contribution is 2.19. The summed E-state index contributed by atoms with van der Waals surface area (Å²) in [5.74, 6) is -1.15. The van der Waals surface area contributed by atoms with Crippen LogP contribution in [0.15, 0.2) is 29.4 Å². The molecule has 0 saturated carbocycles. The van der Waals surface area contributed by atoms with Gasteiger partial charge in [-0.2, -0.15) is 0 Å². The fraction of sp³-hybridized carbons (Fsp3) is 0.471. The summed E-state index contributed by atoms with van der Waals surface area (Å²) in [5.41, 5.74) is 2.07. The van der Waals surface area contributed by atoms with Crippen LogP contribution < -0.4 is 10.6 Å². The first-order valence-electron chi connectivity index (χ1n) is 8.53. The molecule has 0 radical (unpaired) electrons. The summed E-state index contributed by atoms with van der Waals surface area (Å²) in [6.07, 6.45) is -0.0937. The number of oxime groups is 1. The molecule has 140 valence electrons. The second-order valence-corrected chi connectivity index (χ2v) is 6.75. The third-order valence-electron chi connectivity index (χ3n) is 3.91. The van der Waals surface area contributed by atoms with Gasteiger partial charge in [0.2, 0.25) is 12.0 Å². The van der Waals surface area contributed by atoms with Crippen LogP contribution in [0.2, 0.25) is 0 Å². The lowest BCUT2D eigenvalue weighted by Crippen LogP contribution is -2.50. The molecule has 0 bridgehead atoms. The number of amides is 2. The topological polar surface area (TPSA) is 120 Å². The maximum absolute atomic E-state index is 12.3. The van der Waals surface area contributed by atoms with Crippen LogP contribution in [0, 0.1) is 5.92 Å². The second-order valence-electron chi connectivity index (χ2n) is 6.75. The Labute approximate surface area is 152 Å². The summed E-state index contributed by atoms with van der Waals surface area (Å²) in [5, 5.41) is 28.1. The monoisotopic (exact) mass is 361 g/mol. The Morgan fingerprint density at radius 3 is 2.50 bits per heavy atom. The molecule has 2 atom stereocenters. The molecule has 8 nitrogen and oxygen atoms in total. The Hall–Kier alpha value is -2.39. The molecule has 0 fully saturated rings. The van der Waals surface area contributed by atoms with Gasteiger partial charge in [0.1, 0.15) is 0 Å². The smallest absolute Gasteiger partial charge is 0.426 e. The third-order valence-corrected chi connectivity index (χ3v) is 3.91. The molecule has 2 unspecified atom stereocenters. The van der Waals surface area contributed by atoms with E-state index in [1.807, 2.05) is 13.8 Å². The van der Waals surface area contributed by atoms with Crippen LogP contribution in [0.3, 0.4) is 0 Å². The predicted octanol–water partition coefficient (Wildman–Crippen LogP) is 0.681. The maximum Gasteiger partial charge on any atom is 0.475 e. The Morgan fingerprint density at radius 1 is 1.31 bits per heavy atom. The van der Waals surface area contributed by atoms with Crippen molar-refractivity contribution >= 4 is 30.3 Å². The van der Waals surface area contributed by atoms with Gasteiger partial charge in [0.05, 0.1) is 11.7 Å². The second kappa shape index (κ2) is 8.82. The summed E-state index contributed by atoms with van der Waals surface area (Å²) in [6, 6.07) is 7.06. The van der Waals surface area contributed by atoms with Crippen LogP contribution in [0.25, 0.3) is 0 Å². The Balaban J connectivity index is 1.94. The Morgan fingerprint density at radius 2 is 1.96 bits per heavy atom. The van der Waals surface area contributed by atoms with E-state index in [2.05, 4.69) is 15.8 Å². The first-order chi connectivity index (χ1) is 12.3. The molecule has 1 aliphatic heterocycles. The van der Waals surface area contributed by atoms with Gasteiger partial charge in [0.15, 0.2) is 0 Å². The van der Waals surface area contributed by atoms with Crippen molar-refractivity contribution in [2.45, 2.75) is 45.7 Å². The minimum atomic E-state index is -1.63. The largest absolute Gasteiger partial charge is 0.475 e. The highest BCUT2D eigenvalue weighted by Gasteiger charge is 2.33. The van der Waals surface area contributed by atoms with Crippen LogP contribution in [0.4, 0.5) is 5.69 Å². The van der Waals surface area contributed by atoms with Crippen molar-refractivity contribution in [3.8, 4) is 0 Å². The summed E-state index contributed by atoms with van der Waals surface area (Å²) in [7, 11) is -1.63. The molecule has 1 heterocycles. The van der Waals surface area contributed by atoms with Crippen molar-refractivity contribution < 1.29 is 24.5 Å². The number of rotatable bonds is 7. The quantitative estimate of drug-likeness (QED) is 0.533. The van der Waals surface area contributed by atoms with E-state index in [-0.39, 0.29) is 18.2 Å². The van der Waals surface area contributed by atoms with Gasteiger partial charge in [-0.3, -0.25) is 9.59 Å². The number of nitrogens with one attached hydrogen (secondary N) is 2. The molecule has 0 aliphatic carbocycles. The van der Waals surface area contributed by atoms with Crippen LogP contribution >= 0.6 is 0 Å². The highest BCUT2D eigenvalue weighted by atomic mass is 16.6. The summed E-state index contributed by atoms with van der Waals surface area (Å²) < 4.78 is 0. The molecule has 0 spiro atoms. The summed E-state index contributed by atoms with van der Waals surface area (Å²) in [4.78, 5) is 28.6. The average Bonchev–Trinajstić information content (AvgIpc) is 3.04. The van der Waals surface area contributed by atoms with E-state index in [0.29, 0.717) is 17.8 Å². The van der Waals surface area contributed by atoms with Crippen molar-refractivity contribution in [3.63, 3.8) is 0 Å². The minimum Gasteiger partial charge on any atom is -0.426 e. The highest BCUT2D eigenvalue weighted by molar-refractivity contribution is 6.43. The predicted molar refractivity (Wildman–Crippen MR) is 98.4 cm³/mol. The standard InChI is InChI=1S/C17H24BN3O5/c1-10(2)8-16(18(24)25)20-17(23)15-9-14(21-26-15)12-4-6-13(7-5-12)19-11(3)22/h4-7,10,15-16,24-25H,8-9H2,1-3H3,(H,19,22)(H,20,23). The zero-order valence-electron chi connectivity index (χ0n) is 15.1. The molecule has 2 rings (SSSR count). The van der Waals surface area contributed by atoms with E-state index in [0.717, 1.165) is 5.56 Å². The van der Waals surface area contributed by atoms with E-state index < -0.39 is 25.1 Å². The van der Waals surface area contributed by atoms with E-state index in [4.69, 9.17) is 4.84 Å². The number of nitrogens with zero attached hydrogens (tertiary/aromatic N) is 1. The lowest BCUT2D eigenvalue weighted by atomic mass is 9.75. The minimum absolute atomic E-state index is 0.155. The van der Waals surface area contributed by atoms with Crippen LogP contribution in [0.5, 0.6) is 0 Å². The molecular formula is C17H24BN3O5. The van der Waals surface area contributed by atoms with Crippen LogP contribution in [-0.4, -0.2) is 46.7 Å². The Bertz CT molecular complexity index is 675. The van der Waals surface area contributed by atoms with E-state index >= 15 is 0 Å². The lowest BCUT2D eigenvalue weighted by molar-refractivity contribution is -0.131. The fourth-order valence-corrected chi connectivity index (χ4v) is 2.68. The van der Waals surface area contributed by atoms with Gasteiger partial charge in [-0.1, -0.05) is 31.1 Å². The van der Waals surface area contributed by atoms with Crippen molar-refractivity contribution in [1.82, 2.24) is 5.32 Å². The molecule has 9 heteroatoms. The molecule has 26 heavy (non-hydrogen) atoms. The van der Waals surface area contributed by atoms with Gasteiger partial charge in [-0.05, 0) is 30.0 Å². The first kappa shape index (κ1) is 19.9. The normalized spacial score (nSPS) is 17.3. The van der Waals surface area contributed by atoms with Crippen molar-refractivity contribution in [3.05, 3.63) is 29.8 Å². The number of benzene rings is 1. The zero-order chi connectivity index (χ0) is 19.3. The summed E-state index contributed by atoms with van der Waals surface area (Å²) in [6.45, 7) is 5.29. The number of carbonyl (C=O) groups is 2. The maximum atomic E-state index is 12.3. The first-order valence-corrected chi connectivity index (χ1v) is 8.53. The lowest BCUT2D eigenvalue weighted by Gasteiger charge is -2.20. The van der Waals surface area contributed by atoms with Gasteiger partial charge in [0, 0.05) is 19.0 Å². The third kappa shape index (κ3) is 5.57. The van der Waals surface area contributed by atoms with E-state index in [9.17, 15) is 19.6 Å². The molecule has 0 aromatic heterocycles. The van der Waals surface area contributed by atoms with Gasteiger partial charge >= 0.3 is 7.12 Å². The van der Waals surface area contributed by atoms with E-state index in [1.165, 1.54) is 6.92 Å². The van der Waals surface area contributed by atoms with Crippen molar-refractivity contribution in [2.75, 3.05) is 5.32 Å². The van der Waals surface area contributed by atoms with E-state index in [1.54, 1.807) is 24.3 Å². The summed E-state index contributed by atoms with van der Waals surface area (Å²) >= 11 is 0. The van der Waals surface area contributed by atoms with Crippen LogP contribution in [-0.2, 0) is 14.4 Å². The van der Waals surface area contributed by atoms with Gasteiger partial charge in [0.25, 0.3) is 5.91 Å². The van der Waals surface area contributed by atoms with Crippen molar-refractivity contribution in [1.29, 1.82) is 0 Å². The number of hydrogen-bond acceptors (Lipinski definition) is 6. The zero-order valence-corrected chi connectivity index (χ0v) is 15.1. The fourth-order valence-electron chi connectivity index (χ4n) is 2.68. The Kier molecular flexibility index (Phi) is 6.76. The molecule has 1 aliphatic rings. The number of carbonyl (C=O) groups excluding carboxylic acids is 2. The number of hydrogen-bond donors (Lipinski definition) is 4. The SMILES string of the molecule is CC(=O)Nc1ccc(C2=NOC(C(=O)NC(CC(C)C)B(O)O)C2)cc1. The molecule has 1 aromatic rings. The molecule has 2 amide bonds. The van der Waals surface area contributed by atoms with Gasteiger partial charge < -0.3 is 25.5 Å². The van der Waals surface area contributed by atoms with Crippen molar-refractivity contribution in [2.24, 2.45) is 11.1 Å². The van der Waals surface area contributed by atoms with Gasteiger partial charge in [-0.15, -0.1) is 0 Å². The van der Waals surface area contributed by atoms with Crippen LogP contribution in [0.1, 0.15) is 39.2 Å². The average molecular weight is 361 g/mol.